The second-order valence-electron chi connectivity index (χ2n) is 4.32. The van der Waals surface area contributed by atoms with Gasteiger partial charge in [0.1, 0.15) is 0 Å². The van der Waals surface area contributed by atoms with Crippen LogP contribution in [0.5, 0.6) is 0 Å². The van der Waals surface area contributed by atoms with Crippen LogP contribution in [0.25, 0.3) is 5.57 Å². The first-order chi connectivity index (χ1) is 8.29. The van der Waals surface area contributed by atoms with Crippen molar-refractivity contribution >= 4 is 11.4 Å². The Kier molecular flexibility index (Phi) is 2.22. The Bertz CT molecular complexity index is 591. The third-order valence-electron chi connectivity index (χ3n) is 3.29. The largest absolute Gasteiger partial charge is 0.395 e. The molecule has 3 rings (SSSR count). The first-order valence-electron chi connectivity index (χ1n) is 5.79. The summed E-state index contributed by atoms with van der Waals surface area (Å²) in [5.41, 5.74) is 10.2. The van der Waals surface area contributed by atoms with Crippen LogP contribution in [-0.4, -0.2) is 5.78 Å². The number of hydrogen-bond acceptors (Lipinski definition) is 2. The van der Waals surface area contributed by atoms with Gasteiger partial charge in [0.2, 0.25) is 5.78 Å². The molecule has 2 aliphatic rings. The zero-order chi connectivity index (χ0) is 11.8. The number of ketones is 1. The van der Waals surface area contributed by atoms with Gasteiger partial charge in [-0.3, -0.25) is 4.79 Å². The third-order valence-corrected chi connectivity index (χ3v) is 3.29. The molecule has 0 aromatic heterocycles. The first kappa shape index (κ1) is 10.1. The number of carbonyl (C=O) groups excluding carboxylic acids is 1. The van der Waals surface area contributed by atoms with E-state index in [1.165, 1.54) is 5.57 Å². The Morgan fingerprint density at radius 3 is 2.59 bits per heavy atom. The van der Waals surface area contributed by atoms with E-state index in [0.717, 1.165) is 29.5 Å². The maximum atomic E-state index is 12.0. The highest BCUT2D eigenvalue weighted by atomic mass is 16.1. The van der Waals surface area contributed by atoms with Crippen molar-refractivity contribution in [2.75, 3.05) is 0 Å². The van der Waals surface area contributed by atoms with Crippen LogP contribution in [0.15, 0.2) is 53.8 Å². The SMILES string of the molecule is NC1=C(C2=CC=CCC2)c2ccccc2C1=O. The van der Waals surface area contributed by atoms with Crippen molar-refractivity contribution in [3.8, 4) is 0 Å². The van der Waals surface area contributed by atoms with Gasteiger partial charge in [0.15, 0.2) is 0 Å². The fourth-order valence-corrected chi connectivity index (χ4v) is 2.46. The quantitative estimate of drug-likeness (QED) is 0.795. The van der Waals surface area contributed by atoms with Gasteiger partial charge in [-0.05, 0) is 24.0 Å². The number of carbonyl (C=O) groups is 1. The fraction of sp³-hybridized carbons (Fsp3) is 0.133. The molecule has 0 unspecified atom stereocenters. The molecule has 0 amide bonds. The van der Waals surface area contributed by atoms with Crippen LogP contribution in [0.2, 0.25) is 0 Å². The van der Waals surface area contributed by atoms with Gasteiger partial charge in [-0.25, -0.2) is 0 Å². The fourth-order valence-electron chi connectivity index (χ4n) is 2.46. The zero-order valence-corrected chi connectivity index (χ0v) is 9.44. The van der Waals surface area contributed by atoms with E-state index in [2.05, 4.69) is 12.2 Å². The summed E-state index contributed by atoms with van der Waals surface area (Å²) >= 11 is 0. The molecule has 2 N–H and O–H groups in total. The van der Waals surface area contributed by atoms with E-state index in [9.17, 15) is 4.79 Å². The Labute approximate surface area is 100 Å². The van der Waals surface area contributed by atoms with Crippen molar-refractivity contribution in [2.24, 2.45) is 5.73 Å². The molecule has 2 nitrogen and oxygen atoms in total. The van der Waals surface area contributed by atoms with Crippen LogP contribution < -0.4 is 5.73 Å². The van der Waals surface area contributed by atoms with Crippen LogP contribution in [0.4, 0.5) is 0 Å². The molecule has 84 valence electrons. The Morgan fingerprint density at radius 1 is 1.12 bits per heavy atom. The van der Waals surface area contributed by atoms with E-state index >= 15 is 0 Å². The summed E-state index contributed by atoms with van der Waals surface area (Å²) in [7, 11) is 0. The van der Waals surface area contributed by atoms with Gasteiger partial charge >= 0.3 is 0 Å². The van der Waals surface area contributed by atoms with Crippen molar-refractivity contribution in [2.45, 2.75) is 12.8 Å². The highest BCUT2D eigenvalue weighted by Crippen LogP contribution is 2.37. The van der Waals surface area contributed by atoms with Gasteiger partial charge in [0, 0.05) is 11.1 Å². The van der Waals surface area contributed by atoms with Crippen LogP contribution in [0, 0.1) is 0 Å². The topological polar surface area (TPSA) is 43.1 Å². The standard InChI is InChI=1S/C15H13NO/c16-14-13(10-6-2-1-3-7-10)11-8-4-5-9-12(11)15(14)17/h1-2,4-6,8-9H,3,7H2,(H2,16,17). The molecule has 17 heavy (non-hydrogen) atoms. The summed E-state index contributed by atoms with van der Waals surface area (Å²) in [5, 5.41) is 0. The molecular formula is C15H13NO. The van der Waals surface area contributed by atoms with E-state index in [4.69, 9.17) is 5.73 Å². The minimum absolute atomic E-state index is 0.0361. The van der Waals surface area contributed by atoms with Crippen LogP contribution >= 0.6 is 0 Å². The predicted octanol–water partition coefficient (Wildman–Crippen LogP) is 2.83. The number of Topliss-reactive ketones (excluding diaryl/α,β-unsaturated/α-hetero) is 1. The van der Waals surface area contributed by atoms with E-state index in [1.807, 2.05) is 30.3 Å². The number of rotatable bonds is 1. The van der Waals surface area contributed by atoms with Crippen molar-refractivity contribution in [3.05, 3.63) is 64.9 Å². The van der Waals surface area contributed by atoms with Gasteiger partial charge in [0.05, 0.1) is 5.70 Å². The molecule has 0 atom stereocenters. The number of nitrogens with two attached hydrogens (primary N) is 1. The van der Waals surface area contributed by atoms with Gasteiger partial charge < -0.3 is 5.73 Å². The second-order valence-corrected chi connectivity index (χ2v) is 4.32. The summed E-state index contributed by atoms with van der Waals surface area (Å²) in [5.74, 6) is -0.0361. The maximum Gasteiger partial charge on any atom is 0.209 e. The molecule has 0 saturated carbocycles. The molecule has 0 aliphatic heterocycles. The molecule has 0 heterocycles. The summed E-state index contributed by atoms with van der Waals surface area (Å²) in [4.78, 5) is 12.0. The van der Waals surface area contributed by atoms with E-state index in [-0.39, 0.29) is 5.78 Å². The van der Waals surface area contributed by atoms with Crippen molar-refractivity contribution in [1.29, 1.82) is 0 Å². The minimum atomic E-state index is -0.0361. The van der Waals surface area contributed by atoms with Crippen molar-refractivity contribution in [3.63, 3.8) is 0 Å². The predicted molar refractivity (Wildman–Crippen MR) is 68.3 cm³/mol. The van der Waals surface area contributed by atoms with Gasteiger partial charge in [-0.2, -0.15) is 0 Å². The number of allylic oxidation sites excluding steroid dienone is 6. The molecule has 2 aliphatic carbocycles. The lowest BCUT2D eigenvalue weighted by Crippen LogP contribution is -2.08. The molecule has 0 radical (unpaired) electrons. The second kappa shape index (κ2) is 3.74. The number of fused-ring (bicyclic) bond motifs is 1. The highest BCUT2D eigenvalue weighted by molar-refractivity contribution is 6.22. The highest BCUT2D eigenvalue weighted by Gasteiger charge is 2.28. The summed E-state index contributed by atoms with van der Waals surface area (Å²) < 4.78 is 0. The molecule has 1 aromatic carbocycles. The first-order valence-corrected chi connectivity index (χ1v) is 5.79. The Morgan fingerprint density at radius 2 is 1.88 bits per heavy atom. The lowest BCUT2D eigenvalue weighted by atomic mass is 9.93. The lowest BCUT2D eigenvalue weighted by molar-refractivity contribution is 0.103. The number of benzene rings is 1. The average Bonchev–Trinajstić information content (AvgIpc) is 2.64. The Balaban J connectivity index is 2.19. The monoisotopic (exact) mass is 223 g/mol. The van der Waals surface area contributed by atoms with E-state index in [1.54, 1.807) is 0 Å². The Hall–Kier alpha value is -2.09. The van der Waals surface area contributed by atoms with Gasteiger partial charge in [-0.1, -0.05) is 42.5 Å². The summed E-state index contributed by atoms with van der Waals surface area (Å²) in [6, 6.07) is 7.64. The number of hydrogen-bond donors (Lipinski definition) is 1. The van der Waals surface area contributed by atoms with Gasteiger partial charge in [0.25, 0.3) is 0 Å². The van der Waals surface area contributed by atoms with Crippen LogP contribution in [0.1, 0.15) is 28.8 Å². The molecular weight excluding hydrogens is 210 g/mol. The maximum absolute atomic E-state index is 12.0. The lowest BCUT2D eigenvalue weighted by Gasteiger charge is -2.12. The third kappa shape index (κ3) is 1.45. The molecule has 0 bridgehead atoms. The molecule has 0 fully saturated rings. The normalized spacial score (nSPS) is 18.4. The van der Waals surface area contributed by atoms with Crippen LogP contribution in [-0.2, 0) is 0 Å². The molecule has 1 aromatic rings. The van der Waals surface area contributed by atoms with Crippen molar-refractivity contribution < 1.29 is 4.79 Å². The molecule has 0 saturated heterocycles. The zero-order valence-electron chi connectivity index (χ0n) is 9.44. The van der Waals surface area contributed by atoms with E-state index < -0.39 is 0 Å². The molecule has 2 heteroatoms. The average molecular weight is 223 g/mol. The van der Waals surface area contributed by atoms with Crippen molar-refractivity contribution in [1.82, 2.24) is 0 Å². The summed E-state index contributed by atoms with van der Waals surface area (Å²) in [6.45, 7) is 0. The van der Waals surface area contributed by atoms with E-state index in [0.29, 0.717) is 5.70 Å². The van der Waals surface area contributed by atoms with Crippen LogP contribution in [0.3, 0.4) is 0 Å². The summed E-state index contributed by atoms with van der Waals surface area (Å²) in [6.07, 6.45) is 8.18. The minimum Gasteiger partial charge on any atom is -0.395 e. The molecule has 0 spiro atoms. The van der Waals surface area contributed by atoms with Gasteiger partial charge in [-0.15, -0.1) is 0 Å². The smallest absolute Gasteiger partial charge is 0.209 e.